The quantitative estimate of drug-likeness (QED) is 0.604. The first kappa shape index (κ1) is 17.4. The molecule has 0 aromatic carbocycles. The first-order chi connectivity index (χ1) is 11.2. The number of aryl methyl sites for hydroxylation is 1. The highest BCUT2D eigenvalue weighted by Gasteiger charge is 2.42. The zero-order chi connectivity index (χ0) is 17.9. The summed E-state index contributed by atoms with van der Waals surface area (Å²) in [6.07, 6.45) is -4.51. The summed E-state index contributed by atoms with van der Waals surface area (Å²) in [5.41, 5.74) is 0.191. The number of nitrogens with zero attached hydrogens (tertiary/aromatic N) is 2. The Balaban J connectivity index is 1.82. The van der Waals surface area contributed by atoms with E-state index in [0.29, 0.717) is 5.06 Å². The number of amides is 2. The maximum absolute atomic E-state index is 12.0. The van der Waals surface area contributed by atoms with Crippen LogP contribution in [-0.2, 0) is 30.4 Å². The summed E-state index contributed by atoms with van der Waals surface area (Å²) >= 11 is 0. The van der Waals surface area contributed by atoms with E-state index in [9.17, 15) is 32.3 Å². The lowest BCUT2D eigenvalue weighted by atomic mass is 10.2. The minimum Gasteiger partial charge on any atom is -0.385 e. The van der Waals surface area contributed by atoms with Crippen molar-refractivity contribution in [2.75, 3.05) is 0 Å². The largest absolute Gasteiger partial charge is 0.491 e. The second-order valence-corrected chi connectivity index (χ2v) is 4.65. The molecule has 0 bridgehead atoms. The molecule has 1 aromatic rings. The van der Waals surface area contributed by atoms with Crippen LogP contribution in [0, 0.1) is 0 Å². The second-order valence-electron chi connectivity index (χ2n) is 4.65. The second kappa shape index (κ2) is 6.68. The van der Waals surface area contributed by atoms with E-state index in [4.69, 9.17) is 0 Å². The van der Waals surface area contributed by atoms with Crippen molar-refractivity contribution < 1.29 is 41.9 Å². The number of aromatic amines is 1. The lowest BCUT2D eigenvalue weighted by molar-refractivity contribution is -0.197. The average Bonchev–Trinajstić information content (AvgIpc) is 3.05. The molecule has 0 unspecified atom stereocenters. The molecule has 1 N–H and O–H groups in total. The number of rotatable bonds is 5. The minimum atomic E-state index is -5.16. The number of carbonyl (C=O) groups is 4. The fourth-order valence-electron chi connectivity index (χ4n) is 1.71. The van der Waals surface area contributed by atoms with Gasteiger partial charge in [0.05, 0.1) is 12.6 Å². The van der Waals surface area contributed by atoms with Gasteiger partial charge in [-0.2, -0.15) is 13.2 Å². The van der Waals surface area contributed by atoms with Crippen molar-refractivity contribution in [2.45, 2.75) is 31.9 Å². The lowest BCUT2D eigenvalue weighted by Crippen LogP contribution is -2.32. The summed E-state index contributed by atoms with van der Waals surface area (Å²) in [4.78, 5) is 54.9. The molecule has 1 aliphatic rings. The van der Waals surface area contributed by atoms with Crippen molar-refractivity contribution in [1.29, 1.82) is 0 Å². The molecule has 24 heavy (non-hydrogen) atoms. The van der Waals surface area contributed by atoms with Gasteiger partial charge in [-0.3, -0.25) is 9.59 Å². The molecule has 2 rings (SSSR count). The van der Waals surface area contributed by atoms with Crippen LogP contribution in [0.2, 0.25) is 0 Å². The summed E-state index contributed by atoms with van der Waals surface area (Å²) in [5.74, 6) is -4.58. The summed E-state index contributed by atoms with van der Waals surface area (Å²) in [7, 11) is 0. The van der Waals surface area contributed by atoms with E-state index >= 15 is 0 Å². The number of ether oxygens (including phenoxy) is 1. The van der Waals surface area contributed by atoms with Gasteiger partial charge in [-0.25, -0.2) is 14.6 Å². The van der Waals surface area contributed by atoms with Crippen LogP contribution in [0.25, 0.3) is 0 Å². The van der Waals surface area contributed by atoms with Gasteiger partial charge >= 0.3 is 24.1 Å². The fourth-order valence-corrected chi connectivity index (χ4v) is 1.71. The van der Waals surface area contributed by atoms with Gasteiger partial charge in [0.2, 0.25) is 0 Å². The third-order valence-electron chi connectivity index (χ3n) is 2.82. The average molecular weight is 349 g/mol. The van der Waals surface area contributed by atoms with Crippen LogP contribution in [-0.4, -0.2) is 45.0 Å². The molecule has 1 aliphatic heterocycles. The molecule has 0 aliphatic carbocycles. The molecule has 1 saturated heterocycles. The van der Waals surface area contributed by atoms with Crippen molar-refractivity contribution in [3.05, 3.63) is 11.9 Å². The Hall–Kier alpha value is -2.92. The molecule has 1 fully saturated rings. The van der Waals surface area contributed by atoms with Crippen LogP contribution in [0.15, 0.2) is 6.20 Å². The normalized spacial score (nSPS) is 14.9. The number of alkyl halides is 3. The van der Waals surface area contributed by atoms with Crippen LogP contribution in [0.1, 0.15) is 25.0 Å². The maximum Gasteiger partial charge on any atom is 0.491 e. The molecule has 0 saturated carbocycles. The smallest absolute Gasteiger partial charge is 0.385 e. The Morgan fingerprint density at radius 1 is 1.25 bits per heavy atom. The number of carbonyl (C=O) groups excluding carboxylic acids is 4. The number of hydroxylamine groups is 2. The SMILES string of the molecule is O=C(CCc1cnc(OC(=O)C(F)(F)F)[nH]1)ON1C(=O)CCC1=O. The van der Waals surface area contributed by atoms with Crippen molar-refractivity contribution in [3.63, 3.8) is 0 Å². The van der Waals surface area contributed by atoms with E-state index in [1.54, 1.807) is 0 Å². The summed E-state index contributed by atoms with van der Waals surface area (Å²) in [5, 5.41) is 0.381. The van der Waals surface area contributed by atoms with Gasteiger partial charge < -0.3 is 14.6 Å². The molecule has 130 valence electrons. The molecular weight excluding hydrogens is 339 g/mol. The highest BCUT2D eigenvalue weighted by molar-refractivity contribution is 6.01. The molecular formula is C12H10F3N3O6. The third kappa shape index (κ3) is 4.30. The monoisotopic (exact) mass is 349 g/mol. The van der Waals surface area contributed by atoms with Gasteiger partial charge in [-0.05, 0) is 6.42 Å². The van der Waals surface area contributed by atoms with Crippen molar-refractivity contribution >= 4 is 23.8 Å². The van der Waals surface area contributed by atoms with Crippen LogP contribution >= 0.6 is 0 Å². The summed E-state index contributed by atoms with van der Waals surface area (Å²) < 4.78 is 40.0. The van der Waals surface area contributed by atoms with Crippen LogP contribution in [0.5, 0.6) is 6.01 Å². The number of nitrogens with one attached hydrogen (secondary N) is 1. The zero-order valence-electron chi connectivity index (χ0n) is 11.9. The van der Waals surface area contributed by atoms with Gasteiger partial charge in [0.1, 0.15) is 0 Å². The molecule has 0 atom stereocenters. The number of esters is 1. The van der Waals surface area contributed by atoms with Gasteiger partial charge in [0, 0.05) is 18.5 Å². The van der Waals surface area contributed by atoms with Crippen LogP contribution < -0.4 is 4.74 Å². The van der Waals surface area contributed by atoms with Crippen LogP contribution in [0.4, 0.5) is 13.2 Å². The molecule has 1 aromatic heterocycles. The standard InChI is InChI=1S/C12H10F3N3O6/c13-12(14,15)10(22)23-11-16-5-6(17-11)1-4-9(21)24-18-7(19)2-3-8(18)20/h5H,1-4H2,(H,16,17). The van der Waals surface area contributed by atoms with E-state index in [2.05, 4.69) is 19.5 Å². The lowest BCUT2D eigenvalue weighted by Gasteiger charge is -2.12. The summed E-state index contributed by atoms with van der Waals surface area (Å²) in [6, 6.07) is -0.675. The van der Waals surface area contributed by atoms with Crippen molar-refractivity contribution in [3.8, 4) is 6.01 Å². The molecule has 0 radical (unpaired) electrons. The number of hydrogen-bond donors (Lipinski definition) is 1. The Labute approximate surface area is 131 Å². The Morgan fingerprint density at radius 2 is 1.88 bits per heavy atom. The molecule has 2 heterocycles. The fraction of sp³-hybridized carbons (Fsp3) is 0.417. The highest BCUT2D eigenvalue weighted by Crippen LogP contribution is 2.18. The van der Waals surface area contributed by atoms with Gasteiger partial charge in [-0.1, -0.05) is 0 Å². The number of imidazole rings is 1. The Morgan fingerprint density at radius 3 is 2.46 bits per heavy atom. The molecule has 9 nitrogen and oxygen atoms in total. The first-order valence-corrected chi connectivity index (χ1v) is 6.56. The predicted molar refractivity (Wildman–Crippen MR) is 65.8 cm³/mol. The van der Waals surface area contributed by atoms with E-state index in [-0.39, 0.29) is 31.4 Å². The Bertz CT molecular complexity index is 668. The zero-order valence-corrected chi connectivity index (χ0v) is 11.9. The van der Waals surface area contributed by atoms with Crippen LogP contribution in [0.3, 0.4) is 0 Å². The van der Waals surface area contributed by atoms with Crippen molar-refractivity contribution in [2.24, 2.45) is 0 Å². The predicted octanol–water partition coefficient (Wildman–Crippen LogP) is 0.417. The molecule has 12 heteroatoms. The topological polar surface area (TPSA) is 119 Å². The number of aromatic nitrogens is 2. The Kier molecular flexibility index (Phi) is 4.85. The van der Waals surface area contributed by atoms with E-state index in [1.165, 1.54) is 0 Å². The number of halogens is 3. The number of imide groups is 1. The molecule has 2 amide bonds. The van der Waals surface area contributed by atoms with E-state index < -0.39 is 35.9 Å². The molecule has 0 spiro atoms. The highest BCUT2D eigenvalue weighted by atomic mass is 19.4. The first-order valence-electron chi connectivity index (χ1n) is 6.56. The number of H-pyrrole nitrogens is 1. The van der Waals surface area contributed by atoms with Gasteiger partial charge in [-0.15, -0.1) is 5.06 Å². The van der Waals surface area contributed by atoms with Crippen molar-refractivity contribution in [1.82, 2.24) is 15.0 Å². The number of hydrogen-bond acceptors (Lipinski definition) is 7. The van der Waals surface area contributed by atoms with Gasteiger partial charge in [0.15, 0.2) is 0 Å². The summed E-state index contributed by atoms with van der Waals surface area (Å²) in [6.45, 7) is 0. The van der Waals surface area contributed by atoms with E-state index in [1.807, 2.05) is 0 Å². The van der Waals surface area contributed by atoms with Gasteiger partial charge in [0.25, 0.3) is 11.8 Å². The van der Waals surface area contributed by atoms with E-state index in [0.717, 1.165) is 6.20 Å². The minimum absolute atomic E-state index is 0.0411. The maximum atomic E-state index is 12.0. The third-order valence-corrected chi connectivity index (χ3v) is 2.82.